The van der Waals surface area contributed by atoms with Gasteiger partial charge in [0.1, 0.15) is 5.84 Å². The fourth-order valence-electron chi connectivity index (χ4n) is 4.06. The Morgan fingerprint density at radius 2 is 1.90 bits per heavy atom. The summed E-state index contributed by atoms with van der Waals surface area (Å²) < 4.78 is 10.8. The van der Waals surface area contributed by atoms with Crippen LogP contribution in [0.2, 0.25) is 0 Å². The molecule has 1 aromatic heterocycles. The molecule has 9 nitrogen and oxygen atoms in total. The van der Waals surface area contributed by atoms with Crippen LogP contribution in [0.4, 0.5) is 5.95 Å². The van der Waals surface area contributed by atoms with E-state index in [4.69, 9.17) is 14.5 Å². The molecule has 2 aromatic rings. The van der Waals surface area contributed by atoms with Gasteiger partial charge in [-0.15, -0.1) is 0 Å². The van der Waals surface area contributed by atoms with Gasteiger partial charge in [-0.2, -0.15) is 0 Å². The molecular weight excluding hydrogens is 372 g/mol. The molecular formula is C20H28N6O3. The summed E-state index contributed by atoms with van der Waals surface area (Å²) in [7, 11) is 5.25. The van der Waals surface area contributed by atoms with E-state index in [0.717, 1.165) is 57.2 Å². The van der Waals surface area contributed by atoms with Crippen LogP contribution in [-0.4, -0.2) is 92.7 Å². The van der Waals surface area contributed by atoms with Gasteiger partial charge in [-0.05, 0) is 6.92 Å². The fraction of sp³-hybridized carbons (Fsp3) is 0.550. The number of rotatable bonds is 5. The lowest BCUT2D eigenvalue weighted by molar-refractivity contribution is 0.283. The molecule has 156 valence electrons. The minimum absolute atomic E-state index is 0.159. The third kappa shape index (κ3) is 3.62. The van der Waals surface area contributed by atoms with Crippen LogP contribution in [0, 0.1) is 6.92 Å². The molecule has 1 saturated heterocycles. The van der Waals surface area contributed by atoms with Crippen LogP contribution in [0.5, 0.6) is 11.5 Å². The first-order valence-corrected chi connectivity index (χ1v) is 9.89. The number of hydrogen-bond acceptors (Lipinski definition) is 8. The summed E-state index contributed by atoms with van der Waals surface area (Å²) in [6.07, 6.45) is 0. The quantitative estimate of drug-likeness (QED) is 0.791. The fourth-order valence-corrected chi connectivity index (χ4v) is 4.06. The number of aromatic amines is 1. The highest BCUT2D eigenvalue weighted by Crippen LogP contribution is 2.35. The number of H-pyrrole nitrogens is 1. The van der Waals surface area contributed by atoms with Gasteiger partial charge in [0.25, 0.3) is 5.56 Å². The lowest BCUT2D eigenvalue weighted by Crippen LogP contribution is -2.50. The standard InChI is InChI=1S/C20H28N6O3/c1-13-17-14(11-15(28-3)18(13)29-4)22-20(23-19(17)27)26-9-7-25(8-10-26)12-16-21-5-6-24(16)2/h11H,5-10,12H2,1-4H3,(H,22,23,27). The smallest absolute Gasteiger partial charge is 0.260 e. The molecule has 29 heavy (non-hydrogen) atoms. The molecule has 2 aliphatic heterocycles. The van der Waals surface area contributed by atoms with Gasteiger partial charge in [-0.3, -0.25) is 19.7 Å². The molecule has 1 fully saturated rings. The first-order valence-electron chi connectivity index (χ1n) is 9.89. The summed E-state index contributed by atoms with van der Waals surface area (Å²) in [5.74, 6) is 2.90. The Hall–Kier alpha value is -2.81. The van der Waals surface area contributed by atoms with Crippen molar-refractivity contribution in [3.63, 3.8) is 0 Å². The van der Waals surface area contributed by atoms with Crippen molar-refractivity contribution in [3.05, 3.63) is 22.0 Å². The molecule has 0 atom stereocenters. The molecule has 0 saturated carbocycles. The average Bonchev–Trinajstić information content (AvgIpc) is 3.12. The Bertz CT molecular complexity index is 994. The second kappa shape index (κ2) is 7.90. The van der Waals surface area contributed by atoms with Crippen LogP contribution in [0.3, 0.4) is 0 Å². The zero-order chi connectivity index (χ0) is 20.5. The number of piperazine rings is 1. The Morgan fingerprint density at radius 1 is 1.14 bits per heavy atom. The number of nitrogens with one attached hydrogen (secondary N) is 1. The van der Waals surface area contributed by atoms with E-state index in [0.29, 0.717) is 28.4 Å². The van der Waals surface area contributed by atoms with Crippen LogP contribution in [0.15, 0.2) is 15.9 Å². The topological polar surface area (TPSA) is 86.3 Å². The van der Waals surface area contributed by atoms with Crippen LogP contribution < -0.4 is 19.9 Å². The number of aromatic nitrogens is 2. The maximum Gasteiger partial charge on any atom is 0.260 e. The molecule has 2 aliphatic rings. The molecule has 0 spiro atoms. The second-order valence-corrected chi connectivity index (χ2v) is 7.50. The molecule has 1 N–H and O–H groups in total. The predicted molar refractivity (Wildman–Crippen MR) is 114 cm³/mol. The Balaban J connectivity index is 1.55. The van der Waals surface area contributed by atoms with E-state index in [2.05, 4.69) is 31.7 Å². The van der Waals surface area contributed by atoms with Gasteiger partial charge in [0, 0.05) is 51.4 Å². The number of anilines is 1. The highest BCUT2D eigenvalue weighted by Gasteiger charge is 2.23. The Kier molecular flexibility index (Phi) is 5.31. The van der Waals surface area contributed by atoms with E-state index < -0.39 is 0 Å². The third-order valence-electron chi connectivity index (χ3n) is 5.77. The van der Waals surface area contributed by atoms with Crippen molar-refractivity contribution in [1.82, 2.24) is 19.8 Å². The van der Waals surface area contributed by atoms with E-state index >= 15 is 0 Å². The van der Waals surface area contributed by atoms with E-state index in [-0.39, 0.29) is 5.56 Å². The van der Waals surface area contributed by atoms with E-state index in [9.17, 15) is 4.79 Å². The lowest BCUT2D eigenvalue weighted by Gasteiger charge is -2.35. The monoisotopic (exact) mass is 400 g/mol. The SMILES string of the molecule is COc1cc2nc(N3CCN(CC4=NCCN4C)CC3)[nH]c(=O)c2c(C)c1OC. The molecule has 3 heterocycles. The van der Waals surface area contributed by atoms with Crippen molar-refractivity contribution in [2.24, 2.45) is 4.99 Å². The van der Waals surface area contributed by atoms with Crippen molar-refractivity contribution in [3.8, 4) is 11.5 Å². The van der Waals surface area contributed by atoms with Crippen LogP contribution >= 0.6 is 0 Å². The molecule has 0 radical (unpaired) electrons. The molecule has 1 aromatic carbocycles. The number of methoxy groups -OCH3 is 2. The summed E-state index contributed by atoms with van der Waals surface area (Å²) in [5, 5.41) is 0.535. The summed E-state index contributed by atoms with van der Waals surface area (Å²) in [6, 6.07) is 1.77. The molecule has 0 aliphatic carbocycles. The minimum atomic E-state index is -0.159. The van der Waals surface area contributed by atoms with Gasteiger partial charge in [-0.1, -0.05) is 0 Å². The highest BCUT2D eigenvalue weighted by atomic mass is 16.5. The molecule has 0 amide bonds. The largest absolute Gasteiger partial charge is 0.493 e. The van der Waals surface area contributed by atoms with Crippen molar-refractivity contribution in [1.29, 1.82) is 0 Å². The van der Waals surface area contributed by atoms with Gasteiger partial charge in [0.2, 0.25) is 5.95 Å². The number of hydrogen-bond donors (Lipinski definition) is 1. The Morgan fingerprint density at radius 3 is 2.52 bits per heavy atom. The van der Waals surface area contributed by atoms with E-state index in [1.807, 2.05) is 6.92 Å². The summed E-state index contributed by atoms with van der Waals surface area (Å²) in [6.45, 7) is 8.03. The van der Waals surface area contributed by atoms with Crippen LogP contribution in [-0.2, 0) is 0 Å². The van der Waals surface area contributed by atoms with Crippen molar-refractivity contribution in [2.75, 3.05) is 72.0 Å². The number of aryl methyl sites for hydroxylation is 1. The van der Waals surface area contributed by atoms with Crippen molar-refractivity contribution < 1.29 is 9.47 Å². The third-order valence-corrected chi connectivity index (χ3v) is 5.77. The minimum Gasteiger partial charge on any atom is -0.493 e. The van der Waals surface area contributed by atoms with Gasteiger partial charge in [-0.25, -0.2) is 4.98 Å². The first-order chi connectivity index (χ1) is 14.0. The number of benzene rings is 1. The lowest BCUT2D eigenvalue weighted by atomic mass is 10.1. The van der Waals surface area contributed by atoms with Crippen LogP contribution in [0.1, 0.15) is 5.56 Å². The first kappa shape index (κ1) is 19.5. The highest BCUT2D eigenvalue weighted by molar-refractivity contribution is 5.87. The number of ether oxygens (including phenoxy) is 2. The maximum atomic E-state index is 12.8. The van der Waals surface area contributed by atoms with Gasteiger partial charge in [0.05, 0.1) is 38.2 Å². The van der Waals surface area contributed by atoms with Crippen molar-refractivity contribution >= 4 is 22.7 Å². The van der Waals surface area contributed by atoms with E-state index in [1.54, 1.807) is 20.3 Å². The molecule has 4 rings (SSSR count). The molecule has 0 bridgehead atoms. The average molecular weight is 400 g/mol. The van der Waals surface area contributed by atoms with Gasteiger partial charge < -0.3 is 19.3 Å². The van der Waals surface area contributed by atoms with Gasteiger partial charge >= 0.3 is 0 Å². The number of amidine groups is 1. The predicted octanol–water partition coefficient (Wildman–Crippen LogP) is 0.715. The summed E-state index contributed by atoms with van der Waals surface area (Å²) in [4.78, 5) is 31.8. The van der Waals surface area contributed by atoms with E-state index in [1.165, 1.54) is 0 Å². The van der Waals surface area contributed by atoms with Crippen LogP contribution in [0.25, 0.3) is 10.9 Å². The zero-order valence-electron chi connectivity index (χ0n) is 17.5. The van der Waals surface area contributed by atoms with Crippen molar-refractivity contribution in [2.45, 2.75) is 6.92 Å². The molecule has 9 heteroatoms. The second-order valence-electron chi connectivity index (χ2n) is 7.50. The normalized spacial score (nSPS) is 17.7. The number of nitrogens with zero attached hydrogens (tertiary/aromatic N) is 5. The number of aliphatic imine (C=N–C) groups is 1. The number of fused-ring (bicyclic) bond motifs is 1. The summed E-state index contributed by atoms with van der Waals surface area (Å²) in [5.41, 5.74) is 1.18. The molecule has 0 unspecified atom stereocenters. The van der Waals surface area contributed by atoms with Gasteiger partial charge in [0.15, 0.2) is 11.5 Å². The zero-order valence-corrected chi connectivity index (χ0v) is 17.5. The summed E-state index contributed by atoms with van der Waals surface area (Å²) >= 11 is 0. The maximum absolute atomic E-state index is 12.8. The number of likely N-dealkylation sites (N-methyl/N-ethyl adjacent to an activating group) is 1. The Labute approximate surface area is 169 Å².